The predicted molar refractivity (Wildman–Crippen MR) is 79.8 cm³/mol. The number of aromatic amines is 2. The van der Waals surface area contributed by atoms with Crippen LogP contribution in [0.2, 0.25) is 0 Å². The van der Waals surface area contributed by atoms with E-state index in [2.05, 4.69) is 46.6 Å². The molecule has 2 rings (SSSR count). The van der Waals surface area contributed by atoms with Crippen LogP contribution in [0.25, 0.3) is 11.0 Å². The highest BCUT2D eigenvalue weighted by Gasteiger charge is 2.27. The molecule has 0 saturated carbocycles. The molecule has 2 aromatic rings. The van der Waals surface area contributed by atoms with Gasteiger partial charge in [-0.05, 0) is 24.1 Å². The minimum absolute atomic E-state index is 0.0242. The van der Waals surface area contributed by atoms with Crippen molar-refractivity contribution in [2.45, 2.75) is 17.4 Å². The molecular weight excluding hydrogens is 421 g/mol. The molecule has 116 valence electrons. The summed E-state index contributed by atoms with van der Waals surface area (Å²) in [5.41, 5.74) is 1.81. The summed E-state index contributed by atoms with van der Waals surface area (Å²) < 4.78 is 41.2. The van der Waals surface area contributed by atoms with Crippen molar-refractivity contribution in [1.29, 1.82) is 0 Å². The number of hydrogen-bond acceptors (Lipinski definition) is 2. The van der Waals surface area contributed by atoms with E-state index in [0.29, 0.717) is 17.5 Å². The van der Waals surface area contributed by atoms with Crippen molar-refractivity contribution in [3.8, 4) is 0 Å². The first-order valence-electron chi connectivity index (χ1n) is 5.96. The third-order valence-corrected chi connectivity index (χ3v) is 4.39. The molecule has 2 N–H and O–H groups in total. The molecule has 1 aromatic heterocycles. The van der Waals surface area contributed by atoms with Gasteiger partial charge in [0, 0.05) is 15.9 Å². The predicted octanol–water partition coefficient (Wildman–Crippen LogP) is 4.02. The number of imidazole rings is 1. The molecule has 4 nitrogen and oxygen atoms in total. The van der Waals surface area contributed by atoms with Gasteiger partial charge >= 0.3 is 11.9 Å². The standard InChI is InChI=1S/C12H11Br2F3N2O2/c13-7(1-2-21-5-12(15,16)17)6-3-9-10(4-8(6)14)19-11(20)18-9/h3-4,7H,1-2,5H2,(H2,18,19,20). The SMILES string of the molecule is O=c1[nH]c2cc(Br)c(C(Br)CCOCC(F)(F)F)cc2[nH]1. The van der Waals surface area contributed by atoms with Crippen molar-refractivity contribution in [2.24, 2.45) is 0 Å². The number of H-pyrrole nitrogens is 2. The summed E-state index contributed by atoms with van der Waals surface area (Å²) in [6.45, 7) is -1.28. The lowest BCUT2D eigenvalue weighted by molar-refractivity contribution is -0.174. The number of hydrogen-bond donors (Lipinski definition) is 2. The maximum absolute atomic E-state index is 12.0. The van der Waals surface area contributed by atoms with Gasteiger partial charge in [-0.2, -0.15) is 13.2 Å². The van der Waals surface area contributed by atoms with E-state index in [-0.39, 0.29) is 17.1 Å². The van der Waals surface area contributed by atoms with Crippen molar-refractivity contribution in [2.75, 3.05) is 13.2 Å². The van der Waals surface area contributed by atoms with Crippen molar-refractivity contribution in [1.82, 2.24) is 9.97 Å². The second kappa shape index (κ2) is 6.53. The summed E-state index contributed by atoms with van der Waals surface area (Å²) in [7, 11) is 0. The molecule has 1 aromatic carbocycles. The fourth-order valence-electron chi connectivity index (χ4n) is 1.84. The van der Waals surface area contributed by atoms with Crippen LogP contribution in [0.4, 0.5) is 13.2 Å². The fraction of sp³-hybridized carbons (Fsp3) is 0.417. The minimum Gasteiger partial charge on any atom is -0.372 e. The van der Waals surface area contributed by atoms with Crippen LogP contribution in [0, 0.1) is 0 Å². The zero-order valence-electron chi connectivity index (χ0n) is 10.6. The minimum atomic E-state index is -4.31. The average molecular weight is 432 g/mol. The van der Waals surface area contributed by atoms with E-state index in [4.69, 9.17) is 0 Å². The zero-order chi connectivity index (χ0) is 15.6. The first kappa shape index (κ1) is 16.6. The Labute approximate surface area is 134 Å². The lowest BCUT2D eigenvalue weighted by atomic mass is 10.1. The van der Waals surface area contributed by atoms with Gasteiger partial charge in [0.05, 0.1) is 11.0 Å². The summed E-state index contributed by atoms with van der Waals surface area (Å²) in [6, 6.07) is 3.51. The van der Waals surface area contributed by atoms with Crippen LogP contribution in [-0.2, 0) is 4.74 Å². The largest absolute Gasteiger partial charge is 0.411 e. The number of benzene rings is 1. The molecule has 0 aliphatic rings. The smallest absolute Gasteiger partial charge is 0.372 e. The first-order chi connectivity index (χ1) is 9.76. The van der Waals surface area contributed by atoms with E-state index in [1.54, 1.807) is 12.1 Å². The third-order valence-electron chi connectivity index (χ3n) is 2.75. The van der Waals surface area contributed by atoms with Gasteiger partial charge < -0.3 is 14.7 Å². The fourth-order valence-corrected chi connectivity index (χ4v) is 3.34. The summed E-state index contributed by atoms with van der Waals surface area (Å²) in [4.78, 5) is 16.3. The van der Waals surface area contributed by atoms with Crippen molar-refractivity contribution in [3.63, 3.8) is 0 Å². The summed E-state index contributed by atoms with van der Waals surface area (Å²) in [5.74, 6) is 0. The number of rotatable bonds is 5. The van der Waals surface area contributed by atoms with E-state index < -0.39 is 12.8 Å². The van der Waals surface area contributed by atoms with Crippen LogP contribution < -0.4 is 5.69 Å². The Kier molecular flexibility index (Phi) is 5.15. The Morgan fingerprint density at radius 3 is 2.48 bits per heavy atom. The summed E-state index contributed by atoms with van der Waals surface area (Å²) in [5, 5.41) is 0. The Morgan fingerprint density at radius 1 is 1.24 bits per heavy atom. The Bertz CT molecular complexity index is 681. The summed E-state index contributed by atoms with van der Waals surface area (Å²) >= 11 is 6.80. The molecule has 1 atom stereocenters. The van der Waals surface area contributed by atoms with E-state index >= 15 is 0 Å². The second-order valence-electron chi connectivity index (χ2n) is 4.42. The van der Waals surface area contributed by atoms with E-state index in [1.807, 2.05) is 0 Å². The van der Waals surface area contributed by atoms with Gasteiger partial charge in [-0.1, -0.05) is 31.9 Å². The van der Waals surface area contributed by atoms with Crippen molar-refractivity contribution >= 4 is 42.9 Å². The van der Waals surface area contributed by atoms with Crippen LogP contribution in [0.1, 0.15) is 16.8 Å². The van der Waals surface area contributed by atoms with Crippen LogP contribution in [0.15, 0.2) is 21.4 Å². The zero-order valence-corrected chi connectivity index (χ0v) is 13.7. The highest BCUT2D eigenvalue weighted by atomic mass is 79.9. The first-order valence-corrected chi connectivity index (χ1v) is 7.67. The number of aromatic nitrogens is 2. The molecule has 9 heteroatoms. The number of nitrogens with one attached hydrogen (secondary N) is 2. The lowest BCUT2D eigenvalue weighted by Crippen LogP contribution is -2.17. The van der Waals surface area contributed by atoms with Gasteiger partial charge in [0.1, 0.15) is 6.61 Å². The van der Waals surface area contributed by atoms with Crippen LogP contribution in [0.3, 0.4) is 0 Å². The molecule has 0 saturated heterocycles. The molecule has 1 heterocycles. The number of alkyl halides is 4. The van der Waals surface area contributed by atoms with Gasteiger partial charge in [-0.25, -0.2) is 4.79 Å². The molecule has 0 aliphatic carbocycles. The van der Waals surface area contributed by atoms with E-state index in [1.165, 1.54) is 0 Å². The molecule has 0 aliphatic heterocycles. The second-order valence-corrected chi connectivity index (χ2v) is 6.38. The van der Waals surface area contributed by atoms with Gasteiger partial charge in [0.25, 0.3) is 0 Å². The maximum atomic E-state index is 12.0. The van der Waals surface area contributed by atoms with Crippen LogP contribution in [0.5, 0.6) is 0 Å². The number of ether oxygens (including phenoxy) is 1. The average Bonchev–Trinajstić information content (AvgIpc) is 2.71. The van der Waals surface area contributed by atoms with Gasteiger partial charge in [-0.3, -0.25) is 0 Å². The van der Waals surface area contributed by atoms with E-state index in [0.717, 1.165) is 10.0 Å². The highest BCUT2D eigenvalue weighted by molar-refractivity contribution is 9.11. The van der Waals surface area contributed by atoms with Crippen molar-refractivity contribution < 1.29 is 17.9 Å². The number of fused-ring (bicyclic) bond motifs is 1. The molecule has 0 fully saturated rings. The van der Waals surface area contributed by atoms with Crippen molar-refractivity contribution in [3.05, 3.63) is 32.7 Å². The van der Waals surface area contributed by atoms with Gasteiger partial charge in [0.2, 0.25) is 0 Å². The van der Waals surface area contributed by atoms with Gasteiger partial charge in [-0.15, -0.1) is 0 Å². The normalized spacial score (nSPS) is 13.8. The molecule has 1 unspecified atom stereocenters. The van der Waals surface area contributed by atoms with Gasteiger partial charge in [0.15, 0.2) is 0 Å². The Hall–Kier alpha value is -0.800. The van der Waals surface area contributed by atoms with Crippen LogP contribution in [-0.4, -0.2) is 29.4 Å². The van der Waals surface area contributed by atoms with E-state index in [9.17, 15) is 18.0 Å². The van der Waals surface area contributed by atoms with Crippen LogP contribution >= 0.6 is 31.9 Å². The molecule has 0 amide bonds. The number of halogens is 5. The summed E-state index contributed by atoms with van der Waals surface area (Å²) in [6.07, 6.45) is -3.94. The Balaban J connectivity index is 2.03. The molecule has 0 radical (unpaired) electrons. The Morgan fingerprint density at radius 2 is 1.86 bits per heavy atom. The molecular formula is C12H11Br2F3N2O2. The third kappa shape index (κ3) is 4.58. The monoisotopic (exact) mass is 430 g/mol. The molecule has 0 spiro atoms. The molecule has 0 bridgehead atoms. The lowest BCUT2D eigenvalue weighted by Gasteiger charge is -2.13. The quantitative estimate of drug-likeness (QED) is 0.554. The maximum Gasteiger partial charge on any atom is 0.411 e. The molecule has 21 heavy (non-hydrogen) atoms. The highest BCUT2D eigenvalue weighted by Crippen LogP contribution is 2.34. The topological polar surface area (TPSA) is 57.9 Å².